The molecule has 0 radical (unpaired) electrons. The SMILES string of the molecule is N#Cc1ccc2c(c1)c1ccccc1n2-c1cc(-c2ccccc2C#N)cc(-n2c3ccccc3c3ccccc32)c1. The maximum absolute atomic E-state index is 10.0. The molecule has 6 aromatic carbocycles. The Hall–Kier alpha value is -6.10. The van der Waals surface area contributed by atoms with Gasteiger partial charge in [0, 0.05) is 32.9 Å². The van der Waals surface area contributed by atoms with Crippen LogP contribution in [0.2, 0.25) is 0 Å². The molecule has 8 aromatic rings. The Kier molecular flexibility index (Phi) is 5.22. The van der Waals surface area contributed by atoms with Gasteiger partial charge in [-0.25, -0.2) is 0 Å². The second kappa shape index (κ2) is 9.24. The fourth-order valence-electron chi connectivity index (χ4n) is 6.36. The van der Waals surface area contributed by atoms with Crippen LogP contribution in [0, 0.1) is 22.7 Å². The highest BCUT2D eigenvalue weighted by Gasteiger charge is 2.18. The summed E-state index contributed by atoms with van der Waals surface area (Å²) < 4.78 is 4.58. The van der Waals surface area contributed by atoms with Gasteiger partial charge in [0.25, 0.3) is 0 Å². The molecule has 4 nitrogen and oxygen atoms in total. The van der Waals surface area contributed by atoms with Gasteiger partial charge in [0.1, 0.15) is 0 Å². The van der Waals surface area contributed by atoms with E-state index in [2.05, 4.69) is 100 Å². The molecule has 0 saturated heterocycles. The van der Waals surface area contributed by atoms with Gasteiger partial charge in [-0.05, 0) is 71.8 Å². The lowest BCUT2D eigenvalue weighted by atomic mass is 9.99. The molecule has 0 saturated carbocycles. The third-order valence-electron chi connectivity index (χ3n) is 8.16. The Morgan fingerprint density at radius 3 is 1.50 bits per heavy atom. The molecule has 8 rings (SSSR count). The first-order valence-corrected chi connectivity index (χ1v) is 13.8. The molecule has 0 aliphatic rings. The van der Waals surface area contributed by atoms with Crippen LogP contribution in [0.5, 0.6) is 0 Å². The average Bonchev–Trinajstić information content (AvgIpc) is 3.57. The zero-order valence-electron chi connectivity index (χ0n) is 22.5. The summed E-state index contributed by atoms with van der Waals surface area (Å²) in [5.41, 5.74) is 9.41. The lowest BCUT2D eigenvalue weighted by Gasteiger charge is -2.16. The molecule has 0 aliphatic heterocycles. The maximum Gasteiger partial charge on any atom is 0.0998 e. The molecule has 0 atom stereocenters. The molecule has 2 heterocycles. The van der Waals surface area contributed by atoms with Crippen LogP contribution in [0.25, 0.3) is 66.1 Å². The fraction of sp³-hybridized carbons (Fsp3) is 0. The predicted molar refractivity (Wildman–Crippen MR) is 170 cm³/mol. The van der Waals surface area contributed by atoms with Crippen molar-refractivity contribution in [1.82, 2.24) is 9.13 Å². The molecule has 0 unspecified atom stereocenters. The van der Waals surface area contributed by atoms with Gasteiger partial charge in [0.2, 0.25) is 0 Å². The van der Waals surface area contributed by atoms with Gasteiger partial charge in [-0.3, -0.25) is 0 Å². The van der Waals surface area contributed by atoms with Crippen molar-refractivity contribution in [2.45, 2.75) is 0 Å². The van der Waals surface area contributed by atoms with E-state index in [-0.39, 0.29) is 0 Å². The highest BCUT2D eigenvalue weighted by molar-refractivity contribution is 6.11. The molecule has 0 aliphatic carbocycles. The van der Waals surface area contributed by atoms with Crippen LogP contribution in [0.3, 0.4) is 0 Å². The Balaban J connectivity index is 1.52. The summed E-state index contributed by atoms with van der Waals surface area (Å²) in [6.07, 6.45) is 0. The van der Waals surface area contributed by atoms with Crippen molar-refractivity contribution in [3.05, 3.63) is 145 Å². The van der Waals surface area contributed by atoms with Crippen LogP contribution >= 0.6 is 0 Å². The van der Waals surface area contributed by atoms with Gasteiger partial charge in [0.15, 0.2) is 0 Å². The Morgan fingerprint density at radius 1 is 0.429 bits per heavy atom. The summed E-state index contributed by atoms with van der Waals surface area (Å²) in [5, 5.41) is 24.2. The maximum atomic E-state index is 10.0. The number of nitriles is 2. The van der Waals surface area contributed by atoms with Crippen LogP contribution in [0.15, 0.2) is 133 Å². The Bertz CT molecular complexity index is 2390. The van der Waals surface area contributed by atoms with E-state index in [0.29, 0.717) is 11.1 Å². The minimum Gasteiger partial charge on any atom is -0.309 e. The van der Waals surface area contributed by atoms with E-state index in [1.54, 1.807) is 0 Å². The van der Waals surface area contributed by atoms with Gasteiger partial charge < -0.3 is 9.13 Å². The van der Waals surface area contributed by atoms with E-state index in [0.717, 1.165) is 55.3 Å². The van der Waals surface area contributed by atoms with Crippen molar-refractivity contribution in [3.8, 4) is 34.6 Å². The lowest BCUT2D eigenvalue weighted by Crippen LogP contribution is -2.00. The minimum absolute atomic E-state index is 0.628. The van der Waals surface area contributed by atoms with Gasteiger partial charge in [-0.1, -0.05) is 72.8 Å². The van der Waals surface area contributed by atoms with Crippen molar-refractivity contribution >= 4 is 43.6 Å². The molecule has 0 N–H and O–H groups in total. The third-order valence-corrected chi connectivity index (χ3v) is 8.16. The molecule has 194 valence electrons. The summed E-state index contributed by atoms with van der Waals surface area (Å²) in [4.78, 5) is 0. The molecule has 2 aromatic heterocycles. The zero-order chi connectivity index (χ0) is 28.2. The largest absolute Gasteiger partial charge is 0.309 e. The standard InChI is InChI=1S/C38H22N4/c39-23-25-17-18-38-34(19-25)33-13-5-8-16-37(33)42(38)29-21-27(30-10-2-1-9-26(30)24-40)20-28(22-29)41-35-14-6-3-11-31(35)32-12-4-7-15-36(32)41/h1-22H. The summed E-state index contributed by atoms with van der Waals surface area (Å²) in [5.74, 6) is 0. The Morgan fingerprint density at radius 2 is 0.929 bits per heavy atom. The molecule has 4 heteroatoms. The number of hydrogen-bond acceptors (Lipinski definition) is 2. The summed E-state index contributed by atoms with van der Waals surface area (Å²) >= 11 is 0. The van der Waals surface area contributed by atoms with Gasteiger partial charge >= 0.3 is 0 Å². The molecule has 0 fully saturated rings. The number of rotatable bonds is 3. The van der Waals surface area contributed by atoms with Crippen LogP contribution in [0.1, 0.15) is 11.1 Å². The molecule has 0 spiro atoms. The first-order valence-electron chi connectivity index (χ1n) is 13.8. The quantitative estimate of drug-likeness (QED) is 0.227. The monoisotopic (exact) mass is 534 g/mol. The highest BCUT2D eigenvalue weighted by Crippen LogP contribution is 2.38. The molecular formula is C38H22N4. The summed E-state index contributed by atoms with van der Waals surface area (Å²) in [7, 11) is 0. The topological polar surface area (TPSA) is 57.4 Å². The minimum atomic E-state index is 0.628. The number of fused-ring (bicyclic) bond motifs is 6. The van der Waals surface area contributed by atoms with Gasteiger partial charge in [-0.2, -0.15) is 10.5 Å². The van der Waals surface area contributed by atoms with E-state index >= 15 is 0 Å². The number of nitrogens with zero attached hydrogens (tertiary/aromatic N) is 4. The number of para-hydroxylation sites is 3. The van der Waals surface area contributed by atoms with E-state index in [9.17, 15) is 10.5 Å². The van der Waals surface area contributed by atoms with Crippen molar-refractivity contribution in [3.63, 3.8) is 0 Å². The first-order chi connectivity index (χ1) is 20.7. The van der Waals surface area contributed by atoms with Crippen molar-refractivity contribution < 1.29 is 0 Å². The number of benzene rings is 6. The van der Waals surface area contributed by atoms with Crippen LogP contribution in [-0.4, -0.2) is 9.13 Å². The highest BCUT2D eigenvalue weighted by atomic mass is 15.0. The second-order valence-electron chi connectivity index (χ2n) is 10.5. The van der Waals surface area contributed by atoms with E-state index in [1.165, 1.54) is 10.8 Å². The molecule has 0 amide bonds. The predicted octanol–water partition coefficient (Wildman–Crippen LogP) is 9.29. The van der Waals surface area contributed by atoms with Crippen molar-refractivity contribution in [2.24, 2.45) is 0 Å². The summed E-state index contributed by atoms with van der Waals surface area (Å²) in [6, 6.07) is 50.2. The van der Waals surface area contributed by atoms with Crippen molar-refractivity contribution in [2.75, 3.05) is 0 Å². The zero-order valence-corrected chi connectivity index (χ0v) is 22.5. The first kappa shape index (κ1) is 23.8. The molecular weight excluding hydrogens is 512 g/mol. The van der Waals surface area contributed by atoms with Crippen LogP contribution in [0.4, 0.5) is 0 Å². The van der Waals surface area contributed by atoms with E-state index in [1.807, 2.05) is 54.6 Å². The average molecular weight is 535 g/mol. The van der Waals surface area contributed by atoms with Crippen molar-refractivity contribution in [1.29, 1.82) is 10.5 Å². The lowest BCUT2D eigenvalue weighted by molar-refractivity contribution is 1.13. The second-order valence-corrected chi connectivity index (χ2v) is 10.5. The molecule has 0 bridgehead atoms. The van der Waals surface area contributed by atoms with E-state index < -0.39 is 0 Å². The normalized spacial score (nSPS) is 11.3. The fourth-order valence-corrected chi connectivity index (χ4v) is 6.36. The van der Waals surface area contributed by atoms with E-state index in [4.69, 9.17) is 0 Å². The van der Waals surface area contributed by atoms with Crippen LogP contribution < -0.4 is 0 Å². The van der Waals surface area contributed by atoms with Crippen LogP contribution in [-0.2, 0) is 0 Å². The molecule has 42 heavy (non-hydrogen) atoms. The third kappa shape index (κ3) is 3.47. The Labute approximate surface area is 242 Å². The van der Waals surface area contributed by atoms with Gasteiger partial charge in [0.05, 0.1) is 45.3 Å². The number of hydrogen-bond donors (Lipinski definition) is 0. The van der Waals surface area contributed by atoms with Gasteiger partial charge in [-0.15, -0.1) is 0 Å². The number of aromatic nitrogens is 2. The summed E-state index contributed by atoms with van der Waals surface area (Å²) in [6.45, 7) is 0. The smallest absolute Gasteiger partial charge is 0.0998 e.